The maximum absolute atomic E-state index is 14.2. The van der Waals surface area contributed by atoms with E-state index in [0.717, 1.165) is 18.9 Å². The molecule has 8 heteroatoms. The normalized spacial score (nSPS) is 15.3. The van der Waals surface area contributed by atoms with Crippen molar-refractivity contribution in [2.45, 2.75) is 25.8 Å². The Bertz CT molecular complexity index is 748. The topological polar surface area (TPSA) is 117 Å². The second kappa shape index (κ2) is 7.27. The highest BCUT2D eigenvalue weighted by Crippen LogP contribution is 2.35. The molecule has 0 radical (unpaired) electrons. The summed E-state index contributed by atoms with van der Waals surface area (Å²) in [5.41, 5.74) is 11.9. The minimum atomic E-state index is -0.640. The molecule has 0 spiro atoms. The molecule has 24 heavy (non-hydrogen) atoms. The maximum Gasteiger partial charge on any atom is 0.240 e. The van der Waals surface area contributed by atoms with Crippen LogP contribution in [0, 0.1) is 23.1 Å². The van der Waals surface area contributed by atoms with Crippen LogP contribution in [0.15, 0.2) is 23.9 Å². The minimum Gasteiger partial charge on any atom is -0.402 e. The van der Waals surface area contributed by atoms with Crippen molar-refractivity contribution in [2.24, 2.45) is 17.4 Å². The predicted molar refractivity (Wildman–Crippen MR) is 94.6 cm³/mol. The van der Waals surface area contributed by atoms with Gasteiger partial charge in [0.15, 0.2) is 0 Å². The van der Waals surface area contributed by atoms with Crippen LogP contribution in [0.1, 0.15) is 25.3 Å². The molecule has 0 aromatic heterocycles. The molecule has 1 amide bonds. The fraction of sp³-hybridized carbons (Fsp3) is 0.312. The van der Waals surface area contributed by atoms with Crippen molar-refractivity contribution in [1.82, 2.24) is 0 Å². The predicted octanol–water partition coefficient (Wildman–Crippen LogP) is 1.97. The monoisotopic (exact) mass is 347 g/mol. The smallest absolute Gasteiger partial charge is 0.240 e. The number of primary amides is 1. The Balaban J connectivity index is 2.30. The Morgan fingerprint density at radius 2 is 2.12 bits per heavy atom. The number of nitrogens with one attached hydrogen (secondary N) is 2. The van der Waals surface area contributed by atoms with Gasteiger partial charge in [-0.25, -0.2) is 4.39 Å². The summed E-state index contributed by atoms with van der Waals surface area (Å²) in [6.07, 6.45) is 3.26. The van der Waals surface area contributed by atoms with Crippen molar-refractivity contribution in [3.8, 4) is 6.07 Å². The molecule has 1 atom stereocenters. The summed E-state index contributed by atoms with van der Waals surface area (Å²) in [5, 5.41) is 14.8. The van der Waals surface area contributed by atoms with Gasteiger partial charge in [0, 0.05) is 5.70 Å². The van der Waals surface area contributed by atoms with Crippen molar-refractivity contribution in [3.05, 3.63) is 35.3 Å². The summed E-state index contributed by atoms with van der Waals surface area (Å²) in [5.74, 6) is -1.06. The fourth-order valence-electron chi connectivity index (χ4n) is 2.27. The molecular formula is C16H18FN5OS. The summed E-state index contributed by atoms with van der Waals surface area (Å²) in [6.45, 7) is 1.67. The summed E-state index contributed by atoms with van der Waals surface area (Å²) < 4.78 is 14.2. The molecule has 0 bridgehead atoms. The van der Waals surface area contributed by atoms with E-state index in [1.807, 2.05) is 6.07 Å². The Labute approximate surface area is 144 Å². The average molecular weight is 347 g/mol. The van der Waals surface area contributed by atoms with Crippen LogP contribution >= 0.6 is 12.2 Å². The van der Waals surface area contributed by atoms with Gasteiger partial charge in [-0.05, 0) is 43.9 Å². The van der Waals surface area contributed by atoms with Gasteiger partial charge in [0.2, 0.25) is 5.91 Å². The number of nitriles is 1. The van der Waals surface area contributed by atoms with Gasteiger partial charge in [-0.3, -0.25) is 4.79 Å². The SMILES string of the molecule is CC(N)=CC(=S)Nc1cc(N[C@@H](C(N)=O)C2CC2)c(F)cc1C#N. The zero-order chi connectivity index (χ0) is 17.9. The number of carbonyl (C=O) groups excluding carboxylic acids is 1. The van der Waals surface area contributed by atoms with Gasteiger partial charge < -0.3 is 22.1 Å². The zero-order valence-corrected chi connectivity index (χ0v) is 13.9. The summed E-state index contributed by atoms with van der Waals surface area (Å²) in [4.78, 5) is 11.8. The number of anilines is 2. The lowest BCUT2D eigenvalue weighted by atomic mass is 10.1. The summed E-state index contributed by atoms with van der Waals surface area (Å²) in [6, 6.07) is 3.74. The highest BCUT2D eigenvalue weighted by atomic mass is 32.1. The second-order valence-corrected chi connectivity index (χ2v) is 6.17. The van der Waals surface area contributed by atoms with Crippen LogP contribution in [0.5, 0.6) is 0 Å². The number of halogens is 1. The van der Waals surface area contributed by atoms with Crippen LogP contribution in [0.4, 0.5) is 15.8 Å². The molecule has 1 aliphatic carbocycles. The largest absolute Gasteiger partial charge is 0.402 e. The van der Waals surface area contributed by atoms with Crippen LogP contribution in [0.3, 0.4) is 0 Å². The molecule has 1 aromatic carbocycles. The van der Waals surface area contributed by atoms with E-state index >= 15 is 0 Å². The number of amides is 1. The summed E-state index contributed by atoms with van der Waals surface area (Å²) >= 11 is 5.11. The quantitative estimate of drug-likeness (QED) is 0.462. The average Bonchev–Trinajstić information content (AvgIpc) is 3.30. The van der Waals surface area contributed by atoms with E-state index in [2.05, 4.69) is 10.6 Å². The van der Waals surface area contributed by atoms with Crippen LogP contribution in [0.2, 0.25) is 0 Å². The maximum atomic E-state index is 14.2. The third kappa shape index (κ3) is 4.43. The highest BCUT2D eigenvalue weighted by Gasteiger charge is 2.35. The van der Waals surface area contributed by atoms with Gasteiger partial charge in [-0.2, -0.15) is 5.26 Å². The Hall–Kier alpha value is -2.66. The standard InChI is InChI=1S/C16H18FN5OS/c1-8(19)4-14(24)21-12-6-13(11(17)5-10(12)7-18)22-15(16(20)23)9-2-3-9/h4-6,9,15,22H,2-3,19H2,1H3,(H2,20,23)(H,21,24)/t15-/m1/s1. The molecule has 1 aliphatic rings. The molecule has 0 unspecified atom stereocenters. The molecule has 6 nitrogen and oxygen atoms in total. The Morgan fingerprint density at radius 1 is 1.46 bits per heavy atom. The highest BCUT2D eigenvalue weighted by molar-refractivity contribution is 7.81. The first-order valence-electron chi connectivity index (χ1n) is 7.36. The first-order valence-corrected chi connectivity index (χ1v) is 7.77. The zero-order valence-electron chi connectivity index (χ0n) is 13.1. The molecule has 0 saturated heterocycles. The van der Waals surface area contributed by atoms with E-state index in [9.17, 15) is 9.18 Å². The van der Waals surface area contributed by atoms with Crippen LogP contribution < -0.4 is 22.1 Å². The van der Waals surface area contributed by atoms with Crippen molar-refractivity contribution >= 4 is 34.5 Å². The fourth-order valence-corrected chi connectivity index (χ4v) is 2.57. The molecule has 126 valence electrons. The number of benzene rings is 1. The summed E-state index contributed by atoms with van der Waals surface area (Å²) in [7, 11) is 0. The third-order valence-electron chi connectivity index (χ3n) is 3.56. The molecular weight excluding hydrogens is 329 g/mol. The van der Waals surface area contributed by atoms with E-state index in [0.29, 0.717) is 11.4 Å². The van der Waals surface area contributed by atoms with E-state index in [1.54, 1.807) is 6.92 Å². The number of thiocarbonyl (C=S) groups is 1. The van der Waals surface area contributed by atoms with E-state index in [1.165, 1.54) is 12.1 Å². The number of carbonyl (C=O) groups is 1. The Kier molecular flexibility index (Phi) is 5.36. The van der Waals surface area contributed by atoms with Gasteiger partial charge >= 0.3 is 0 Å². The number of nitrogens with zero attached hydrogens (tertiary/aromatic N) is 1. The molecule has 0 heterocycles. The number of hydrogen-bond donors (Lipinski definition) is 4. The van der Waals surface area contributed by atoms with Crippen LogP contribution in [-0.2, 0) is 4.79 Å². The van der Waals surface area contributed by atoms with Gasteiger partial charge in [-0.15, -0.1) is 0 Å². The lowest BCUT2D eigenvalue weighted by Gasteiger charge is -2.18. The van der Waals surface area contributed by atoms with Gasteiger partial charge in [-0.1, -0.05) is 12.2 Å². The van der Waals surface area contributed by atoms with Crippen molar-refractivity contribution in [3.63, 3.8) is 0 Å². The van der Waals surface area contributed by atoms with Crippen molar-refractivity contribution in [2.75, 3.05) is 10.6 Å². The third-order valence-corrected chi connectivity index (χ3v) is 3.78. The number of hydrogen-bond acceptors (Lipinski definition) is 5. The second-order valence-electron chi connectivity index (χ2n) is 5.73. The lowest BCUT2D eigenvalue weighted by Crippen LogP contribution is -2.37. The van der Waals surface area contributed by atoms with Gasteiger partial charge in [0.05, 0.1) is 16.9 Å². The first-order chi connectivity index (χ1) is 11.3. The molecule has 0 aliphatic heterocycles. The number of allylic oxidation sites excluding steroid dienone is 1. The van der Waals surface area contributed by atoms with E-state index in [4.69, 9.17) is 28.9 Å². The molecule has 2 rings (SSSR count). The van der Waals surface area contributed by atoms with E-state index in [-0.39, 0.29) is 22.2 Å². The van der Waals surface area contributed by atoms with Crippen molar-refractivity contribution in [1.29, 1.82) is 5.26 Å². The van der Waals surface area contributed by atoms with Gasteiger partial charge in [0.25, 0.3) is 0 Å². The number of rotatable bonds is 6. The molecule has 6 N–H and O–H groups in total. The van der Waals surface area contributed by atoms with E-state index < -0.39 is 17.8 Å². The van der Waals surface area contributed by atoms with Gasteiger partial charge in [0.1, 0.15) is 22.9 Å². The Morgan fingerprint density at radius 3 is 2.62 bits per heavy atom. The lowest BCUT2D eigenvalue weighted by molar-refractivity contribution is -0.119. The first kappa shape index (κ1) is 17.7. The number of nitrogens with two attached hydrogens (primary N) is 2. The molecule has 1 fully saturated rings. The minimum absolute atomic E-state index is 0.0865. The van der Waals surface area contributed by atoms with Crippen molar-refractivity contribution < 1.29 is 9.18 Å². The van der Waals surface area contributed by atoms with Crippen LogP contribution in [-0.4, -0.2) is 16.9 Å². The van der Waals surface area contributed by atoms with Crippen LogP contribution in [0.25, 0.3) is 0 Å². The molecule has 1 aromatic rings. The molecule has 1 saturated carbocycles.